The highest BCUT2D eigenvalue weighted by atomic mass is 16.5. The molecular weight excluding hydrogens is 278 g/mol. The van der Waals surface area contributed by atoms with Gasteiger partial charge in [0.05, 0.1) is 11.7 Å². The predicted octanol–water partition coefficient (Wildman–Crippen LogP) is 3.54. The van der Waals surface area contributed by atoms with Crippen LogP contribution in [0.3, 0.4) is 0 Å². The Bertz CT molecular complexity index is 317. The van der Waals surface area contributed by atoms with Gasteiger partial charge in [-0.1, -0.05) is 13.8 Å². The van der Waals surface area contributed by atoms with E-state index in [4.69, 9.17) is 9.47 Å². The summed E-state index contributed by atoms with van der Waals surface area (Å²) in [5.74, 6) is 1.07. The Kier molecular flexibility index (Phi) is 8.40. The van der Waals surface area contributed by atoms with Gasteiger partial charge in [-0.3, -0.25) is 4.79 Å². The van der Waals surface area contributed by atoms with Gasteiger partial charge in [-0.2, -0.15) is 0 Å². The lowest BCUT2D eigenvalue weighted by Crippen LogP contribution is -2.42. The van der Waals surface area contributed by atoms with Crippen molar-refractivity contribution in [3.63, 3.8) is 0 Å². The summed E-state index contributed by atoms with van der Waals surface area (Å²) in [6.07, 6.45) is 5.27. The van der Waals surface area contributed by atoms with Crippen molar-refractivity contribution in [2.24, 2.45) is 11.8 Å². The van der Waals surface area contributed by atoms with Gasteiger partial charge < -0.3 is 14.8 Å². The smallest absolute Gasteiger partial charge is 0.223 e. The van der Waals surface area contributed by atoms with Crippen molar-refractivity contribution in [2.45, 2.75) is 78.4 Å². The molecule has 1 amide bonds. The Hall–Kier alpha value is -0.610. The van der Waals surface area contributed by atoms with Crippen LogP contribution < -0.4 is 5.32 Å². The van der Waals surface area contributed by atoms with Crippen LogP contribution in [0.25, 0.3) is 0 Å². The number of ether oxygens (including phenoxy) is 2. The van der Waals surface area contributed by atoms with E-state index in [1.54, 1.807) is 0 Å². The van der Waals surface area contributed by atoms with E-state index in [0.29, 0.717) is 19.3 Å². The van der Waals surface area contributed by atoms with Gasteiger partial charge in [0.25, 0.3) is 0 Å². The fourth-order valence-corrected chi connectivity index (χ4v) is 2.46. The third-order valence-corrected chi connectivity index (χ3v) is 3.90. The van der Waals surface area contributed by atoms with Crippen LogP contribution in [0.15, 0.2) is 0 Å². The zero-order valence-corrected chi connectivity index (χ0v) is 15.1. The molecule has 0 aromatic rings. The van der Waals surface area contributed by atoms with Crippen LogP contribution in [-0.2, 0) is 14.3 Å². The maximum absolute atomic E-state index is 11.9. The van der Waals surface area contributed by atoms with Gasteiger partial charge in [0.1, 0.15) is 0 Å². The second-order valence-electron chi connectivity index (χ2n) is 7.80. The first-order valence-corrected chi connectivity index (χ1v) is 8.81. The van der Waals surface area contributed by atoms with Gasteiger partial charge in [-0.15, -0.1) is 0 Å². The monoisotopic (exact) mass is 313 g/mol. The number of carbonyl (C=O) groups excluding carboxylic acids is 1. The van der Waals surface area contributed by atoms with Crippen molar-refractivity contribution < 1.29 is 14.3 Å². The molecule has 0 saturated heterocycles. The average Bonchev–Trinajstić information content (AvgIpc) is 2.33. The number of nitrogens with one attached hydrogen (secondary N) is 1. The highest BCUT2D eigenvalue weighted by Crippen LogP contribution is 2.30. The molecule has 22 heavy (non-hydrogen) atoms. The second-order valence-corrected chi connectivity index (χ2v) is 7.80. The van der Waals surface area contributed by atoms with Gasteiger partial charge >= 0.3 is 0 Å². The molecule has 0 aliphatic heterocycles. The van der Waals surface area contributed by atoms with E-state index in [0.717, 1.165) is 38.2 Å². The van der Waals surface area contributed by atoms with Crippen molar-refractivity contribution in [1.29, 1.82) is 0 Å². The predicted molar refractivity (Wildman–Crippen MR) is 89.9 cm³/mol. The molecule has 1 N–H and O–H groups in total. The fourth-order valence-electron chi connectivity index (χ4n) is 2.46. The van der Waals surface area contributed by atoms with Gasteiger partial charge in [-0.25, -0.2) is 0 Å². The maximum atomic E-state index is 11.9. The van der Waals surface area contributed by atoms with Crippen molar-refractivity contribution >= 4 is 5.91 Å². The number of amides is 1. The van der Waals surface area contributed by atoms with Crippen LogP contribution in [0.1, 0.15) is 66.7 Å². The minimum Gasteiger partial charge on any atom is -0.378 e. The molecule has 1 rings (SSSR count). The first-order chi connectivity index (χ1) is 10.3. The molecule has 4 nitrogen and oxygen atoms in total. The van der Waals surface area contributed by atoms with E-state index in [-0.39, 0.29) is 17.4 Å². The SMILES string of the molecule is CC(C)CCCOC1CC(C(=O)NCCCOC(C)(C)C)C1. The van der Waals surface area contributed by atoms with E-state index < -0.39 is 0 Å². The summed E-state index contributed by atoms with van der Waals surface area (Å²) < 4.78 is 11.4. The number of hydrogen-bond donors (Lipinski definition) is 1. The summed E-state index contributed by atoms with van der Waals surface area (Å²) in [6.45, 7) is 12.8. The lowest BCUT2D eigenvalue weighted by molar-refractivity contribution is -0.134. The summed E-state index contributed by atoms with van der Waals surface area (Å²) in [5.41, 5.74) is -0.0991. The lowest BCUT2D eigenvalue weighted by Gasteiger charge is -2.34. The fraction of sp³-hybridized carbons (Fsp3) is 0.944. The normalized spacial score (nSPS) is 21.7. The summed E-state index contributed by atoms with van der Waals surface area (Å²) in [5, 5.41) is 3.00. The number of carbonyl (C=O) groups is 1. The first-order valence-electron chi connectivity index (χ1n) is 8.81. The van der Waals surface area contributed by atoms with Crippen LogP contribution in [-0.4, -0.2) is 37.4 Å². The molecule has 0 bridgehead atoms. The van der Waals surface area contributed by atoms with E-state index >= 15 is 0 Å². The summed E-state index contributed by atoms with van der Waals surface area (Å²) in [4.78, 5) is 11.9. The van der Waals surface area contributed by atoms with E-state index in [2.05, 4.69) is 19.2 Å². The standard InChI is InChI=1S/C18H35NO3/c1-14(2)8-6-10-21-16-12-15(13-16)17(20)19-9-7-11-22-18(3,4)5/h14-16H,6-13H2,1-5H3,(H,19,20). The topological polar surface area (TPSA) is 47.6 Å². The number of hydrogen-bond acceptors (Lipinski definition) is 3. The van der Waals surface area contributed by atoms with E-state index in [1.807, 2.05) is 20.8 Å². The molecule has 1 saturated carbocycles. The Morgan fingerprint density at radius 3 is 2.45 bits per heavy atom. The molecule has 1 aliphatic carbocycles. The first kappa shape index (κ1) is 19.4. The zero-order valence-electron chi connectivity index (χ0n) is 15.1. The van der Waals surface area contributed by atoms with Crippen LogP contribution in [0.2, 0.25) is 0 Å². The molecule has 4 heteroatoms. The Labute approximate surface area is 136 Å². The van der Waals surface area contributed by atoms with Gasteiger partial charge in [0.15, 0.2) is 0 Å². The highest BCUT2D eigenvalue weighted by molar-refractivity contribution is 5.79. The van der Waals surface area contributed by atoms with Crippen LogP contribution >= 0.6 is 0 Å². The molecule has 0 atom stereocenters. The largest absolute Gasteiger partial charge is 0.378 e. The van der Waals surface area contributed by atoms with Crippen molar-refractivity contribution in [2.75, 3.05) is 19.8 Å². The molecule has 0 spiro atoms. The zero-order chi connectivity index (χ0) is 16.6. The third-order valence-electron chi connectivity index (χ3n) is 3.90. The summed E-state index contributed by atoms with van der Waals surface area (Å²) >= 11 is 0. The van der Waals surface area contributed by atoms with Gasteiger partial charge in [0.2, 0.25) is 5.91 Å². The molecule has 1 fully saturated rings. The Morgan fingerprint density at radius 1 is 1.18 bits per heavy atom. The van der Waals surface area contributed by atoms with Crippen LogP contribution in [0.5, 0.6) is 0 Å². The van der Waals surface area contributed by atoms with E-state index in [9.17, 15) is 4.79 Å². The molecular formula is C18H35NO3. The molecule has 0 aromatic carbocycles. The van der Waals surface area contributed by atoms with E-state index in [1.165, 1.54) is 6.42 Å². The molecule has 0 unspecified atom stereocenters. The minimum atomic E-state index is -0.0991. The van der Waals surface area contributed by atoms with Gasteiger partial charge in [0, 0.05) is 25.7 Å². The Balaban J connectivity index is 1.96. The second kappa shape index (κ2) is 9.51. The van der Waals surface area contributed by atoms with Crippen LogP contribution in [0.4, 0.5) is 0 Å². The van der Waals surface area contributed by atoms with Crippen molar-refractivity contribution in [3.8, 4) is 0 Å². The quantitative estimate of drug-likeness (QED) is 0.628. The minimum absolute atomic E-state index is 0.0991. The average molecular weight is 313 g/mol. The molecule has 0 heterocycles. The molecule has 1 aliphatic rings. The summed E-state index contributed by atoms with van der Waals surface area (Å²) in [7, 11) is 0. The number of rotatable bonds is 10. The maximum Gasteiger partial charge on any atom is 0.223 e. The van der Waals surface area contributed by atoms with Gasteiger partial charge in [-0.05, 0) is 58.8 Å². The molecule has 0 aromatic heterocycles. The van der Waals surface area contributed by atoms with Crippen molar-refractivity contribution in [3.05, 3.63) is 0 Å². The summed E-state index contributed by atoms with van der Waals surface area (Å²) in [6, 6.07) is 0. The molecule has 0 radical (unpaired) electrons. The highest BCUT2D eigenvalue weighted by Gasteiger charge is 2.34. The molecule has 130 valence electrons. The Morgan fingerprint density at radius 2 is 1.86 bits per heavy atom. The van der Waals surface area contributed by atoms with Crippen molar-refractivity contribution in [1.82, 2.24) is 5.32 Å². The third kappa shape index (κ3) is 8.74. The lowest BCUT2D eigenvalue weighted by atomic mass is 9.81. The van der Waals surface area contributed by atoms with Crippen LogP contribution in [0, 0.1) is 11.8 Å².